The van der Waals surface area contributed by atoms with E-state index in [4.69, 9.17) is 4.74 Å². The Hall–Kier alpha value is -0.820. The summed E-state index contributed by atoms with van der Waals surface area (Å²) >= 11 is 0. The summed E-state index contributed by atoms with van der Waals surface area (Å²) in [6, 6.07) is 6.72. The van der Waals surface area contributed by atoms with Gasteiger partial charge in [-0.05, 0) is 33.9 Å². The number of hydrogen-bond donors (Lipinski definition) is 0. The molecular weight excluding hydrogens is 220 g/mol. The predicted molar refractivity (Wildman–Crippen MR) is 79.4 cm³/mol. The summed E-state index contributed by atoms with van der Waals surface area (Å²) in [7, 11) is 1.77. The van der Waals surface area contributed by atoms with Gasteiger partial charge in [0.1, 0.15) is 0 Å². The van der Waals surface area contributed by atoms with Crippen LogP contribution in [0.3, 0.4) is 0 Å². The summed E-state index contributed by atoms with van der Waals surface area (Å²) in [4.78, 5) is 0. The molecule has 1 aromatic rings. The maximum absolute atomic E-state index is 5.28. The molecule has 18 heavy (non-hydrogen) atoms. The first-order valence-corrected chi connectivity index (χ1v) is 6.79. The number of hydrogen-bond acceptors (Lipinski definition) is 1. The van der Waals surface area contributed by atoms with E-state index < -0.39 is 0 Å². The number of methoxy groups -OCH3 is 1. The Morgan fingerprint density at radius 1 is 0.889 bits per heavy atom. The van der Waals surface area contributed by atoms with E-state index in [-0.39, 0.29) is 10.8 Å². The maximum Gasteiger partial charge on any atom is 0.0502 e. The molecule has 0 saturated heterocycles. The topological polar surface area (TPSA) is 9.23 Å². The molecule has 0 atom stereocenters. The lowest BCUT2D eigenvalue weighted by molar-refractivity contribution is 0.201. The van der Waals surface area contributed by atoms with Gasteiger partial charge >= 0.3 is 0 Å². The third kappa shape index (κ3) is 3.58. The first-order chi connectivity index (χ1) is 8.18. The van der Waals surface area contributed by atoms with Crippen molar-refractivity contribution in [2.45, 2.75) is 58.8 Å². The highest BCUT2D eigenvalue weighted by atomic mass is 16.5. The zero-order chi connectivity index (χ0) is 14.0. The van der Waals surface area contributed by atoms with Gasteiger partial charge in [0.15, 0.2) is 0 Å². The number of ether oxygens (including phenoxy) is 1. The van der Waals surface area contributed by atoms with Crippen molar-refractivity contribution in [2.75, 3.05) is 13.7 Å². The van der Waals surface area contributed by atoms with E-state index in [1.807, 2.05) is 0 Å². The van der Waals surface area contributed by atoms with Crippen LogP contribution in [0.4, 0.5) is 0 Å². The molecule has 102 valence electrons. The first-order valence-electron chi connectivity index (χ1n) is 6.79. The quantitative estimate of drug-likeness (QED) is 0.767. The van der Waals surface area contributed by atoms with Crippen LogP contribution in [0, 0.1) is 0 Å². The lowest BCUT2D eigenvalue weighted by atomic mass is 9.75. The van der Waals surface area contributed by atoms with Crippen LogP contribution < -0.4 is 0 Å². The molecule has 0 aliphatic rings. The average Bonchev–Trinajstić information content (AvgIpc) is 2.23. The van der Waals surface area contributed by atoms with Crippen molar-refractivity contribution >= 4 is 0 Å². The lowest BCUT2D eigenvalue weighted by Gasteiger charge is -2.30. The molecule has 0 fully saturated rings. The molecule has 1 aromatic carbocycles. The van der Waals surface area contributed by atoms with E-state index in [0.717, 1.165) is 13.0 Å². The highest BCUT2D eigenvalue weighted by Gasteiger charge is 2.24. The second-order valence-corrected chi connectivity index (χ2v) is 7.07. The Bertz CT molecular complexity index is 359. The van der Waals surface area contributed by atoms with Gasteiger partial charge in [0.2, 0.25) is 0 Å². The molecule has 0 N–H and O–H groups in total. The van der Waals surface area contributed by atoms with Crippen molar-refractivity contribution in [3.8, 4) is 0 Å². The standard InChI is InChI=1S/C17H28O/c1-16(2,3)14-9-8-10-15(17(4,5)6)13(14)11-12-18-7/h8-10H,11-12H2,1-7H3. The molecule has 1 nitrogen and oxygen atoms in total. The van der Waals surface area contributed by atoms with Crippen LogP contribution in [0.25, 0.3) is 0 Å². The van der Waals surface area contributed by atoms with Crippen molar-refractivity contribution in [1.82, 2.24) is 0 Å². The van der Waals surface area contributed by atoms with E-state index >= 15 is 0 Å². The summed E-state index contributed by atoms with van der Waals surface area (Å²) in [5.74, 6) is 0. The molecule has 0 unspecified atom stereocenters. The van der Waals surface area contributed by atoms with Crippen LogP contribution in [0.2, 0.25) is 0 Å². The molecular formula is C17H28O. The average molecular weight is 248 g/mol. The van der Waals surface area contributed by atoms with Gasteiger partial charge in [0.05, 0.1) is 6.61 Å². The largest absolute Gasteiger partial charge is 0.384 e. The van der Waals surface area contributed by atoms with Crippen molar-refractivity contribution in [2.24, 2.45) is 0 Å². The van der Waals surface area contributed by atoms with Crippen LogP contribution in [0.15, 0.2) is 18.2 Å². The third-order valence-corrected chi connectivity index (χ3v) is 3.35. The highest BCUT2D eigenvalue weighted by molar-refractivity contribution is 5.42. The Labute approximate surface area is 113 Å². The Morgan fingerprint density at radius 2 is 1.33 bits per heavy atom. The lowest BCUT2D eigenvalue weighted by Crippen LogP contribution is -2.21. The second-order valence-electron chi connectivity index (χ2n) is 7.07. The molecule has 0 saturated carbocycles. The fourth-order valence-corrected chi connectivity index (χ4v) is 2.47. The van der Waals surface area contributed by atoms with Gasteiger partial charge in [-0.15, -0.1) is 0 Å². The third-order valence-electron chi connectivity index (χ3n) is 3.35. The minimum atomic E-state index is 0.185. The monoisotopic (exact) mass is 248 g/mol. The molecule has 0 radical (unpaired) electrons. The molecule has 1 rings (SSSR count). The fraction of sp³-hybridized carbons (Fsp3) is 0.647. The molecule has 0 aliphatic carbocycles. The normalized spacial score (nSPS) is 12.8. The van der Waals surface area contributed by atoms with Gasteiger partial charge in [-0.25, -0.2) is 0 Å². The summed E-state index contributed by atoms with van der Waals surface area (Å²) in [6.45, 7) is 14.5. The van der Waals surface area contributed by atoms with E-state index in [0.29, 0.717) is 0 Å². The molecule has 0 heterocycles. The van der Waals surface area contributed by atoms with Crippen LogP contribution in [-0.4, -0.2) is 13.7 Å². The molecule has 0 amide bonds. The fourth-order valence-electron chi connectivity index (χ4n) is 2.47. The van der Waals surface area contributed by atoms with Crippen molar-refractivity contribution in [1.29, 1.82) is 0 Å². The Kier molecular flexibility index (Phi) is 4.61. The highest BCUT2D eigenvalue weighted by Crippen LogP contribution is 2.34. The first kappa shape index (κ1) is 15.2. The van der Waals surface area contributed by atoms with Crippen LogP contribution in [0.5, 0.6) is 0 Å². The van der Waals surface area contributed by atoms with Gasteiger partial charge < -0.3 is 4.74 Å². The van der Waals surface area contributed by atoms with E-state index in [2.05, 4.69) is 59.7 Å². The molecule has 0 spiro atoms. The molecule has 0 aliphatic heterocycles. The Morgan fingerprint density at radius 3 is 1.67 bits per heavy atom. The van der Waals surface area contributed by atoms with Gasteiger partial charge in [-0.2, -0.15) is 0 Å². The van der Waals surface area contributed by atoms with E-state index in [9.17, 15) is 0 Å². The SMILES string of the molecule is COCCc1c(C(C)(C)C)cccc1C(C)(C)C. The zero-order valence-electron chi connectivity index (χ0n) is 13.1. The van der Waals surface area contributed by atoms with Crippen molar-refractivity contribution in [3.63, 3.8) is 0 Å². The van der Waals surface area contributed by atoms with Crippen molar-refractivity contribution in [3.05, 3.63) is 34.9 Å². The zero-order valence-corrected chi connectivity index (χ0v) is 13.1. The van der Waals surface area contributed by atoms with Crippen LogP contribution in [-0.2, 0) is 22.0 Å². The van der Waals surface area contributed by atoms with Gasteiger partial charge in [-0.3, -0.25) is 0 Å². The number of benzene rings is 1. The van der Waals surface area contributed by atoms with E-state index in [1.54, 1.807) is 7.11 Å². The maximum atomic E-state index is 5.28. The minimum Gasteiger partial charge on any atom is -0.384 e. The van der Waals surface area contributed by atoms with Gasteiger partial charge in [0.25, 0.3) is 0 Å². The predicted octanol–water partition coefficient (Wildman–Crippen LogP) is 4.47. The Balaban J connectivity index is 3.35. The second kappa shape index (κ2) is 5.44. The number of rotatable bonds is 3. The van der Waals surface area contributed by atoms with Gasteiger partial charge in [-0.1, -0.05) is 59.7 Å². The van der Waals surface area contributed by atoms with E-state index in [1.165, 1.54) is 16.7 Å². The van der Waals surface area contributed by atoms with Crippen LogP contribution in [0.1, 0.15) is 58.2 Å². The summed E-state index contributed by atoms with van der Waals surface area (Å²) in [5.41, 5.74) is 4.74. The van der Waals surface area contributed by atoms with Crippen molar-refractivity contribution < 1.29 is 4.74 Å². The smallest absolute Gasteiger partial charge is 0.0502 e. The molecule has 0 aromatic heterocycles. The summed E-state index contributed by atoms with van der Waals surface area (Å²) in [5, 5.41) is 0. The van der Waals surface area contributed by atoms with Crippen LogP contribution >= 0.6 is 0 Å². The minimum absolute atomic E-state index is 0.185. The summed E-state index contributed by atoms with van der Waals surface area (Å²) in [6.07, 6.45) is 0.997. The molecule has 1 heteroatoms. The summed E-state index contributed by atoms with van der Waals surface area (Å²) < 4.78 is 5.28. The van der Waals surface area contributed by atoms with Gasteiger partial charge in [0, 0.05) is 7.11 Å². The molecule has 0 bridgehead atoms.